The van der Waals surface area contributed by atoms with Crippen LogP contribution in [0.15, 0.2) is 36.7 Å². The monoisotopic (exact) mass is 235 g/mol. The molecule has 1 atom stereocenters. The van der Waals surface area contributed by atoms with Gasteiger partial charge < -0.3 is 5.73 Å². The maximum absolute atomic E-state index is 5.97. The molecule has 0 radical (unpaired) electrons. The summed E-state index contributed by atoms with van der Waals surface area (Å²) in [6.45, 7) is 2.51. The Balaban J connectivity index is 2.36. The van der Waals surface area contributed by atoms with E-state index in [1.54, 1.807) is 0 Å². The molecule has 2 rings (SSSR count). The molecule has 0 saturated carbocycles. The highest BCUT2D eigenvalue weighted by Crippen LogP contribution is 2.20. The normalized spacial score (nSPS) is 12.7. The van der Waals surface area contributed by atoms with Crippen LogP contribution in [-0.2, 0) is 0 Å². The molecule has 16 heavy (non-hydrogen) atoms. The molecule has 84 valence electrons. The Hall–Kier alpha value is -1.32. The number of benzene rings is 1. The minimum absolute atomic E-state index is 0.0485. The summed E-state index contributed by atoms with van der Waals surface area (Å²) >= 11 is 5.97. The average Bonchev–Trinajstić information content (AvgIpc) is 2.66. The van der Waals surface area contributed by atoms with Crippen molar-refractivity contribution in [1.82, 2.24) is 9.78 Å². The number of aryl methyl sites for hydroxylation is 1. The number of hydrogen-bond donors (Lipinski definition) is 1. The lowest BCUT2D eigenvalue weighted by Gasteiger charge is -2.16. The Bertz CT molecular complexity index is 479. The number of nitrogens with zero attached hydrogens (tertiary/aromatic N) is 2. The molecule has 1 heterocycles. The molecule has 1 aromatic heterocycles. The van der Waals surface area contributed by atoms with Crippen LogP contribution < -0.4 is 5.73 Å². The highest BCUT2D eigenvalue weighted by Gasteiger charge is 2.12. The molecule has 0 aliphatic heterocycles. The number of halogens is 1. The van der Waals surface area contributed by atoms with Crippen molar-refractivity contribution in [2.45, 2.75) is 13.0 Å². The standard InChI is InChI=1S/C12H14ClN3/c1-9-7-15-16(8-9)12(6-14)10-3-2-4-11(13)5-10/h2-5,7-8,12H,6,14H2,1H3. The molecule has 1 aromatic carbocycles. The molecule has 0 spiro atoms. The first-order valence-corrected chi connectivity index (χ1v) is 5.55. The van der Waals surface area contributed by atoms with Crippen LogP contribution in [0.5, 0.6) is 0 Å². The molecule has 2 aromatic rings. The maximum atomic E-state index is 5.97. The van der Waals surface area contributed by atoms with E-state index in [2.05, 4.69) is 5.10 Å². The van der Waals surface area contributed by atoms with Crippen LogP contribution in [0.25, 0.3) is 0 Å². The van der Waals surface area contributed by atoms with Gasteiger partial charge in [0.15, 0.2) is 0 Å². The molecular weight excluding hydrogens is 222 g/mol. The number of rotatable bonds is 3. The summed E-state index contributed by atoms with van der Waals surface area (Å²) in [6.07, 6.45) is 3.81. The van der Waals surface area contributed by atoms with Crippen molar-refractivity contribution in [3.8, 4) is 0 Å². The van der Waals surface area contributed by atoms with Gasteiger partial charge in [-0.2, -0.15) is 5.10 Å². The molecule has 0 aliphatic carbocycles. The topological polar surface area (TPSA) is 43.8 Å². The van der Waals surface area contributed by atoms with Crippen molar-refractivity contribution in [2.75, 3.05) is 6.54 Å². The fourth-order valence-electron chi connectivity index (χ4n) is 1.71. The summed E-state index contributed by atoms with van der Waals surface area (Å²) in [7, 11) is 0. The summed E-state index contributed by atoms with van der Waals surface area (Å²) in [5.41, 5.74) is 8.00. The Morgan fingerprint density at radius 2 is 2.31 bits per heavy atom. The lowest BCUT2D eigenvalue weighted by Crippen LogP contribution is -2.20. The van der Waals surface area contributed by atoms with E-state index >= 15 is 0 Å². The third kappa shape index (κ3) is 2.26. The van der Waals surface area contributed by atoms with E-state index in [0.717, 1.165) is 16.1 Å². The van der Waals surface area contributed by atoms with Gasteiger partial charge in [-0.15, -0.1) is 0 Å². The number of nitrogens with two attached hydrogens (primary N) is 1. The van der Waals surface area contributed by atoms with Crippen molar-refractivity contribution in [2.24, 2.45) is 5.73 Å². The first-order valence-electron chi connectivity index (χ1n) is 5.17. The summed E-state index contributed by atoms with van der Waals surface area (Å²) in [4.78, 5) is 0. The molecule has 3 nitrogen and oxygen atoms in total. The molecule has 1 unspecified atom stereocenters. The van der Waals surface area contributed by atoms with Crippen molar-refractivity contribution < 1.29 is 0 Å². The molecular formula is C12H14ClN3. The Morgan fingerprint density at radius 1 is 1.50 bits per heavy atom. The molecule has 0 aliphatic rings. The van der Waals surface area contributed by atoms with Gasteiger partial charge in [0.2, 0.25) is 0 Å². The third-order valence-electron chi connectivity index (χ3n) is 2.51. The van der Waals surface area contributed by atoms with Crippen LogP contribution in [-0.4, -0.2) is 16.3 Å². The van der Waals surface area contributed by atoms with Gasteiger partial charge in [0.1, 0.15) is 0 Å². The van der Waals surface area contributed by atoms with Crippen LogP contribution in [0.1, 0.15) is 17.2 Å². The molecule has 2 N–H and O–H groups in total. The van der Waals surface area contributed by atoms with Crippen molar-refractivity contribution in [1.29, 1.82) is 0 Å². The fourth-order valence-corrected chi connectivity index (χ4v) is 1.91. The molecule has 0 saturated heterocycles. The van der Waals surface area contributed by atoms with Crippen LogP contribution in [0.2, 0.25) is 5.02 Å². The van der Waals surface area contributed by atoms with E-state index in [1.165, 1.54) is 0 Å². The number of hydrogen-bond acceptors (Lipinski definition) is 2. The zero-order valence-electron chi connectivity index (χ0n) is 9.10. The van der Waals surface area contributed by atoms with Crippen molar-refractivity contribution in [3.63, 3.8) is 0 Å². The van der Waals surface area contributed by atoms with E-state index in [4.69, 9.17) is 17.3 Å². The van der Waals surface area contributed by atoms with Crippen LogP contribution in [0.3, 0.4) is 0 Å². The second kappa shape index (κ2) is 4.68. The van der Waals surface area contributed by atoms with Gasteiger partial charge in [0.05, 0.1) is 12.2 Å². The van der Waals surface area contributed by atoms with Crippen LogP contribution >= 0.6 is 11.6 Å². The Morgan fingerprint density at radius 3 is 2.88 bits per heavy atom. The van der Waals surface area contributed by atoms with E-state index < -0.39 is 0 Å². The van der Waals surface area contributed by atoms with Gasteiger partial charge in [0.25, 0.3) is 0 Å². The molecule has 0 bridgehead atoms. The zero-order chi connectivity index (χ0) is 11.5. The van der Waals surface area contributed by atoms with Crippen molar-refractivity contribution in [3.05, 3.63) is 52.8 Å². The SMILES string of the molecule is Cc1cnn(C(CN)c2cccc(Cl)c2)c1. The second-order valence-corrected chi connectivity index (χ2v) is 4.24. The smallest absolute Gasteiger partial charge is 0.0891 e. The first-order chi connectivity index (χ1) is 7.70. The maximum Gasteiger partial charge on any atom is 0.0891 e. The van der Waals surface area contributed by atoms with E-state index in [1.807, 2.05) is 48.3 Å². The summed E-state index contributed by atoms with van der Waals surface area (Å²) in [6, 6.07) is 7.77. The zero-order valence-corrected chi connectivity index (χ0v) is 9.85. The minimum atomic E-state index is 0.0485. The van der Waals surface area contributed by atoms with Crippen molar-refractivity contribution >= 4 is 11.6 Å². The largest absolute Gasteiger partial charge is 0.328 e. The first kappa shape index (κ1) is 11.2. The minimum Gasteiger partial charge on any atom is -0.328 e. The Kier molecular flexibility index (Phi) is 3.27. The van der Waals surface area contributed by atoms with Gasteiger partial charge in [-0.25, -0.2) is 0 Å². The van der Waals surface area contributed by atoms with Gasteiger partial charge in [0, 0.05) is 17.8 Å². The average molecular weight is 236 g/mol. The van der Waals surface area contributed by atoms with Gasteiger partial charge in [-0.05, 0) is 30.2 Å². The predicted molar refractivity (Wildman–Crippen MR) is 65.6 cm³/mol. The van der Waals surface area contributed by atoms with Crippen LogP contribution in [0, 0.1) is 6.92 Å². The summed E-state index contributed by atoms with van der Waals surface area (Å²) in [5.74, 6) is 0. The Labute approximate surface area is 99.8 Å². The quantitative estimate of drug-likeness (QED) is 0.888. The van der Waals surface area contributed by atoms with E-state index in [9.17, 15) is 0 Å². The fraction of sp³-hybridized carbons (Fsp3) is 0.250. The number of aromatic nitrogens is 2. The van der Waals surface area contributed by atoms with Gasteiger partial charge in [-0.3, -0.25) is 4.68 Å². The highest BCUT2D eigenvalue weighted by molar-refractivity contribution is 6.30. The third-order valence-corrected chi connectivity index (χ3v) is 2.74. The summed E-state index contributed by atoms with van der Waals surface area (Å²) in [5, 5.41) is 5.01. The van der Waals surface area contributed by atoms with E-state index in [0.29, 0.717) is 6.54 Å². The lowest BCUT2D eigenvalue weighted by molar-refractivity contribution is 0.532. The lowest BCUT2D eigenvalue weighted by atomic mass is 10.1. The highest BCUT2D eigenvalue weighted by atomic mass is 35.5. The molecule has 0 fully saturated rings. The molecule has 4 heteroatoms. The van der Waals surface area contributed by atoms with Crippen LogP contribution in [0.4, 0.5) is 0 Å². The van der Waals surface area contributed by atoms with E-state index in [-0.39, 0.29) is 6.04 Å². The second-order valence-electron chi connectivity index (χ2n) is 3.80. The molecule has 0 amide bonds. The summed E-state index contributed by atoms with van der Waals surface area (Å²) < 4.78 is 1.88. The van der Waals surface area contributed by atoms with Gasteiger partial charge >= 0.3 is 0 Å². The predicted octanol–water partition coefficient (Wildman–Crippen LogP) is 2.39. The van der Waals surface area contributed by atoms with Gasteiger partial charge in [-0.1, -0.05) is 23.7 Å².